The Morgan fingerprint density at radius 3 is 2.42 bits per heavy atom. The zero-order chi connectivity index (χ0) is 22.6. The number of morpholine rings is 1. The first-order valence-corrected chi connectivity index (χ1v) is 11.6. The number of carbonyl (C=O) groups is 1. The second-order valence-corrected chi connectivity index (χ2v) is 9.65. The lowest BCUT2D eigenvalue weighted by Crippen LogP contribution is -2.41. The molecule has 0 aliphatic carbocycles. The Balaban J connectivity index is 1.76. The molecular weight excluding hydrogens is 421 g/mol. The molecule has 7 nitrogen and oxygen atoms in total. The molecule has 1 aliphatic rings. The summed E-state index contributed by atoms with van der Waals surface area (Å²) in [5.41, 5.74) is 1.75. The van der Waals surface area contributed by atoms with Crippen LogP contribution < -0.4 is 10.2 Å². The van der Waals surface area contributed by atoms with Gasteiger partial charge in [-0.05, 0) is 62.7 Å². The molecule has 1 heterocycles. The van der Waals surface area contributed by atoms with Crippen LogP contribution in [0.15, 0.2) is 47.4 Å². The van der Waals surface area contributed by atoms with Crippen LogP contribution in [0.4, 0.5) is 15.8 Å². The number of rotatable bonds is 7. The Hall–Kier alpha value is -2.49. The lowest BCUT2D eigenvalue weighted by Gasteiger charge is -2.28. The zero-order valence-corrected chi connectivity index (χ0v) is 18.8. The van der Waals surface area contributed by atoms with Gasteiger partial charge in [0.1, 0.15) is 5.82 Å². The van der Waals surface area contributed by atoms with Crippen LogP contribution in [0.25, 0.3) is 0 Å². The Morgan fingerprint density at radius 1 is 1.16 bits per heavy atom. The number of amides is 1. The fourth-order valence-corrected chi connectivity index (χ4v) is 5.10. The molecule has 0 bridgehead atoms. The molecule has 1 saturated heterocycles. The van der Waals surface area contributed by atoms with Crippen molar-refractivity contribution in [1.82, 2.24) is 4.31 Å². The number of carbonyl (C=O) groups excluding carboxylic acids is 1. The van der Waals surface area contributed by atoms with Crippen LogP contribution >= 0.6 is 0 Å². The first-order valence-electron chi connectivity index (χ1n) is 10.2. The molecule has 0 spiro atoms. The molecule has 1 fully saturated rings. The quantitative estimate of drug-likeness (QED) is 0.703. The number of halogens is 1. The van der Waals surface area contributed by atoms with Gasteiger partial charge in [0.25, 0.3) is 0 Å². The van der Waals surface area contributed by atoms with E-state index in [4.69, 9.17) is 4.74 Å². The standard InChI is InChI=1S/C22H28FN3O4S/c1-16(2)26(20-8-5-18(23)6-9-20)15-22(27)24-19-7-4-17(3)21(14-19)31(28,29)25-10-12-30-13-11-25/h4-9,14,16H,10-13,15H2,1-3H3,(H,24,27). The van der Waals surface area contributed by atoms with Crippen molar-refractivity contribution < 1.29 is 22.3 Å². The summed E-state index contributed by atoms with van der Waals surface area (Å²) in [6.07, 6.45) is 0. The van der Waals surface area contributed by atoms with Crippen LogP contribution in [-0.2, 0) is 19.6 Å². The van der Waals surface area contributed by atoms with Gasteiger partial charge < -0.3 is 15.0 Å². The van der Waals surface area contributed by atoms with Crippen molar-refractivity contribution >= 4 is 27.3 Å². The van der Waals surface area contributed by atoms with Crippen molar-refractivity contribution in [2.24, 2.45) is 0 Å². The van der Waals surface area contributed by atoms with Gasteiger partial charge in [0.2, 0.25) is 15.9 Å². The highest BCUT2D eigenvalue weighted by Crippen LogP contribution is 2.25. The van der Waals surface area contributed by atoms with E-state index in [1.54, 1.807) is 31.2 Å². The van der Waals surface area contributed by atoms with Gasteiger partial charge in [-0.2, -0.15) is 4.31 Å². The van der Waals surface area contributed by atoms with Gasteiger partial charge in [-0.15, -0.1) is 0 Å². The third-order valence-corrected chi connectivity index (χ3v) is 7.20. The third-order valence-electron chi connectivity index (χ3n) is 5.16. The lowest BCUT2D eigenvalue weighted by molar-refractivity contribution is -0.115. The molecule has 1 amide bonds. The maximum atomic E-state index is 13.2. The summed E-state index contributed by atoms with van der Waals surface area (Å²) in [7, 11) is -3.68. The summed E-state index contributed by atoms with van der Waals surface area (Å²) < 4.78 is 46.0. The molecule has 0 radical (unpaired) electrons. The summed E-state index contributed by atoms with van der Waals surface area (Å²) >= 11 is 0. The molecule has 1 aliphatic heterocycles. The predicted molar refractivity (Wildman–Crippen MR) is 118 cm³/mol. The Bertz CT molecular complexity index is 1020. The second kappa shape index (κ2) is 9.76. The van der Waals surface area contributed by atoms with Crippen molar-refractivity contribution in [3.05, 3.63) is 53.8 Å². The molecule has 2 aromatic rings. The van der Waals surface area contributed by atoms with Crippen LogP contribution in [0.1, 0.15) is 19.4 Å². The van der Waals surface area contributed by atoms with E-state index in [-0.39, 0.29) is 29.2 Å². The van der Waals surface area contributed by atoms with Crippen LogP contribution in [0.5, 0.6) is 0 Å². The normalized spacial score (nSPS) is 15.1. The van der Waals surface area contributed by atoms with E-state index >= 15 is 0 Å². The first-order chi connectivity index (χ1) is 14.7. The highest BCUT2D eigenvalue weighted by Gasteiger charge is 2.28. The van der Waals surface area contributed by atoms with Gasteiger partial charge in [-0.25, -0.2) is 12.8 Å². The van der Waals surface area contributed by atoms with E-state index in [1.165, 1.54) is 22.5 Å². The predicted octanol–water partition coefficient (Wildman–Crippen LogP) is 3.01. The number of anilines is 2. The highest BCUT2D eigenvalue weighted by atomic mass is 32.2. The summed E-state index contributed by atoms with van der Waals surface area (Å²) in [5.74, 6) is -0.637. The zero-order valence-electron chi connectivity index (χ0n) is 18.0. The minimum atomic E-state index is -3.68. The van der Waals surface area contributed by atoms with Crippen LogP contribution in [0, 0.1) is 12.7 Å². The summed E-state index contributed by atoms with van der Waals surface area (Å²) in [4.78, 5) is 14.7. The van der Waals surface area contributed by atoms with E-state index in [0.717, 1.165) is 5.69 Å². The molecular formula is C22H28FN3O4S. The van der Waals surface area contributed by atoms with E-state index in [2.05, 4.69) is 5.32 Å². The highest BCUT2D eigenvalue weighted by molar-refractivity contribution is 7.89. The smallest absolute Gasteiger partial charge is 0.243 e. The summed E-state index contributed by atoms with van der Waals surface area (Å²) in [6.45, 7) is 6.99. The van der Waals surface area contributed by atoms with Gasteiger partial charge >= 0.3 is 0 Å². The van der Waals surface area contributed by atoms with Gasteiger partial charge in [-0.1, -0.05) is 6.07 Å². The number of aryl methyl sites for hydroxylation is 1. The number of sulfonamides is 1. The van der Waals surface area contributed by atoms with Crippen molar-refractivity contribution in [3.8, 4) is 0 Å². The number of benzene rings is 2. The fraction of sp³-hybridized carbons (Fsp3) is 0.409. The maximum Gasteiger partial charge on any atom is 0.243 e. The van der Waals surface area contributed by atoms with Crippen molar-refractivity contribution in [2.45, 2.75) is 31.7 Å². The van der Waals surface area contributed by atoms with Crippen molar-refractivity contribution in [3.63, 3.8) is 0 Å². The average Bonchev–Trinajstić information content (AvgIpc) is 2.74. The Morgan fingerprint density at radius 2 is 1.81 bits per heavy atom. The number of hydrogen-bond acceptors (Lipinski definition) is 5. The van der Waals surface area contributed by atoms with Crippen LogP contribution in [0.3, 0.4) is 0 Å². The van der Waals surface area contributed by atoms with E-state index in [9.17, 15) is 17.6 Å². The summed E-state index contributed by atoms with van der Waals surface area (Å²) in [6, 6.07) is 10.8. The topological polar surface area (TPSA) is 79.0 Å². The summed E-state index contributed by atoms with van der Waals surface area (Å²) in [5, 5.41) is 2.79. The van der Waals surface area contributed by atoms with Gasteiger partial charge in [0, 0.05) is 30.5 Å². The minimum absolute atomic E-state index is 0.00601. The molecule has 0 aromatic heterocycles. The molecule has 0 saturated carbocycles. The largest absolute Gasteiger partial charge is 0.379 e. The monoisotopic (exact) mass is 449 g/mol. The van der Waals surface area contributed by atoms with Gasteiger partial charge in [0.15, 0.2) is 0 Å². The number of ether oxygens (including phenoxy) is 1. The van der Waals surface area contributed by atoms with Crippen LogP contribution in [-0.4, -0.2) is 57.5 Å². The molecule has 0 unspecified atom stereocenters. The molecule has 168 valence electrons. The fourth-order valence-electron chi connectivity index (χ4n) is 3.44. The van der Waals surface area contributed by atoms with E-state index in [0.29, 0.717) is 37.6 Å². The molecule has 1 N–H and O–H groups in total. The molecule has 2 aromatic carbocycles. The minimum Gasteiger partial charge on any atom is -0.379 e. The number of nitrogens with zero attached hydrogens (tertiary/aromatic N) is 2. The molecule has 9 heteroatoms. The lowest BCUT2D eigenvalue weighted by atomic mass is 10.2. The molecule has 3 rings (SSSR count). The Labute approximate surface area is 182 Å². The number of hydrogen-bond donors (Lipinski definition) is 1. The SMILES string of the molecule is Cc1ccc(NC(=O)CN(c2ccc(F)cc2)C(C)C)cc1S(=O)(=O)N1CCOCC1. The number of nitrogens with one attached hydrogen (secondary N) is 1. The second-order valence-electron chi connectivity index (χ2n) is 7.74. The van der Waals surface area contributed by atoms with E-state index in [1.807, 2.05) is 18.7 Å². The van der Waals surface area contributed by atoms with E-state index < -0.39 is 10.0 Å². The molecule has 31 heavy (non-hydrogen) atoms. The maximum absolute atomic E-state index is 13.2. The van der Waals surface area contributed by atoms with Crippen molar-refractivity contribution in [2.75, 3.05) is 43.1 Å². The first kappa shape index (κ1) is 23.2. The average molecular weight is 450 g/mol. The van der Waals surface area contributed by atoms with Gasteiger partial charge in [-0.3, -0.25) is 4.79 Å². The van der Waals surface area contributed by atoms with Crippen LogP contribution in [0.2, 0.25) is 0 Å². The Kier molecular flexibility index (Phi) is 7.30. The van der Waals surface area contributed by atoms with Gasteiger partial charge in [0.05, 0.1) is 24.7 Å². The third kappa shape index (κ3) is 5.61. The molecule has 0 atom stereocenters. The van der Waals surface area contributed by atoms with Crippen molar-refractivity contribution in [1.29, 1.82) is 0 Å².